The molecular formula is C14H12ClF3N2O2. The van der Waals surface area contributed by atoms with Gasteiger partial charge in [0.15, 0.2) is 0 Å². The molecule has 118 valence electrons. The number of likely N-dealkylation sites (N-methyl/N-ethyl adjacent to an activating group) is 1. The van der Waals surface area contributed by atoms with Gasteiger partial charge < -0.3 is 15.0 Å². The number of nitrogens with one attached hydrogen (secondary N) is 1. The van der Waals surface area contributed by atoms with Gasteiger partial charge >= 0.3 is 12.2 Å². The summed E-state index contributed by atoms with van der Waals surface area (Å²) in [7, 11) is 1.24. The Hall–Kier alpha value is -1.91. The lowest BCUT2D eigenvalue weighted by Gasteiger charge is -2.36. The van der Waals surface area contributed by atoms with E-state index in [0.717, 1.165) is 11.0 Å². The van der Waals surface area contributed by atoms with Crippen molar-refractivity contribution in [1.82, 2.24) is 4.90 Å². The van der Waals surface area contributed by atoms with Gasteiger partial charge in [0.25, 0.3) is 0 Å². The fourth-order valence-electron chi connectivity index (χ4n) is 2.27. The Morgan fingerprint density at radius 3 is 2.82 bits per heavy atom. The summed E-state index contributed by atoms with van der Waals surface area (Å²) >= 11 is 5.82. The number of fused-ring (bicyclic) bond motifs is 1. The highest BCUT2D eigenvalue weighted by Crippen LogP contribution is 2.47. The van der Waals surface area contributed by atoms with Crippen molar-refractivity contribution in [2.24, 2.45) is 0 Å². The third kappa shape index (κ3) is 2.72. The predicted molar refractivity (Wildman–Crippen MR) is 75.6 cm³/mol. The van der Waals surface area contributed by atoms with E-state index >= 15 is 0 Å². The number of terminal acetylenes is 1. The lowest BCUT2D eigenvalue weighted by Crippen LogP contribution is -2.52. The minimum absolute atomic E-state index is 0.0203. The normalized spacial score (nSPS) is 21.6. The molecule has 1 aliphatic rings. The number of amides is 2. The molecule has 1 aliphatic heterocycles. The second-order valence-corrected chi connectivity index (χ2v) is 5.23. The lowest BCUT2D eigenvalue weighted by molar-refractivity contribution is -0.283. The van der Waals surface area contributed by atoms with Gasteiger partial charge in [-0.25, -0.2) is 4.79 Å². The molecule has 0 saturated carbocycles. The van der Waals surface area contributed by atoms with E-state index in [0.29, 0.717) is 0 Å². The lowest BCUT2D eigenvalue weighted by atomic mass is 9.91. The summed E-state index contributed by atoms with van der Waals surface area (Å²) in [6.45, 7) is -1.30. The van der Waals surface area contributed by atoms with Crippen LogP contribution in [0.3, 0.4) is 0 Å². The Kier molecular flexibility index (Phi) is 4.27. The number of alkyl halides is 3. The van der Waals surface area contributed by atoms with Crippen LogP contribution < -0.4 is 5.32 Å². The van der Waals surface area contributed by atoms with Gasteiger partial charge in [0.1, 0.15) is 6.61 Å². The Balaban J connectivity index is 2.71. The smallest absolute Gasteiger partial charge is 0.346 e. The maximum Gasteiger partial charge on any atom is 0.423 e. The molecule has 2 rings (SSSR count). The molecular weight excluding hydrogens is 321 g/mol. The van der Waals surface area contributed by atoms with Crippen molar-refractivity contribution in [3.05, 3.63) is 28.8 Å². The topological polar surface area (TPSA) is 41.6 Å². The van der Waals surface area contributed by atoms with Crippen molar-refractivity contribution in [3.8, 4) is 12.3 Å². The molecule has 0 bridgehead atoms. The van der Waals surface area contributed by atoms with E-state index in [4.69, 9.17) is 22.8 Å². The number of hydrogen-bond acceptors (Lipinski definition) is 2. The van der Waals surface area contributed by atoms with Crippen LogP contribution >= 0.6 is 11.6 Å². The quantitative estimate of drug-likeness (QED) is 0.845. The highest BCUT2D eigenvalue weighted by Gasteiger charge is 2.60. The van der Waals surface area contributed by atoms with Crippen LogP contribution in [0.2, 0.25) is 5.02 Å². The fourth-order valence-corrected chi connectivity index (χ4v) is 2.45. The van der Waals surface area contributed by atoms with Crippen LogP contribution in [0.25, 0.3) is 0 Å². The highest BCUT2D eigenvalue weighted by molar-refractivity contribution is 6.30. The van der Waals surface area contributed by atoms with Crippen molar-refractivity contribution in [2.45, 2.75) is 11.8 Å². The molecule has 0 fully saturated rings. The summed E-state index contributed by atoms with van der Waals surface area (Å²) in [5.41, 5.74) is -3.05. The first-order chi connectivity index (χ1) is 10.2. The van der Waals surface area contributed by atoms with Gasteiger partial charge in [-0.05, 0) is 18.2 Å². The Morgan fingerprint density at radius 2 is 2.23 bits per heavy atom. The van der Waals surface area contributed by atoms with Gasteiger partial charge in [-0.15, -0.1) is 6.42 Å². The number of rotatable bonds is 2. The summed E-state index contributed by atoms with van der Waals surface area (Å²) in [6.07, 6.45) is 0.232. The van der Waals surface area contributed by atoms with Crippen molar-refractivity contribution in [3.63, 3.8) is 0 Å². The fraction of sp³-hybridized carbons (Fsp3) is 0.357. The van der Waals surface area contributed by atoms with E-state index in [1.54, 1.807) is 0 Å². The van der Waals surface area contributed by atoms with Gasteiger partial charge in [-0.3, -0.25) is 0 Å². The minimum Gasteiger partial charge on any atom is -0.346 e. The standard InChI is InChI=1S/C14H12ClF3N2O2/c1-3-6-22-13(14(16,17)18)8-20(2)12(21)19-11-5-4-9(15)7-10(11)13/h1,4-5,7H,6,8H2,2H3,(H,19,21)/t13-/m0/s1. The summed E-state index contributed by atoms with van der Waals surface area (Å²) < 4.78 is 46.4. The molecule has 1 aromatic carbocycles. The maximum atomic E-state index is 13.8. The largest absolute Gasteiger partial charge is 0.423 e. The molecule has 0 aliphatic carbocycles. The number of nitrogens with zero attached hydrogens (tertiary/aromatic N) is 1. The molecule has 0 saturated heterocycles. The van der Waals surface area contributed by atoms with E-state index < -0.39 is 31.0 Å². The van der Waals surface area contributed by atoms with E-state index in [-0.39, 0.29) is 16.3 Å². The number of hydrogen-bond donors (Lipinski definition) is 1. The van der Waals surface area contributed by atoms with Gasteiger partial charge in [0.05, 0.1) is 6.54 Å². The first kappa shape index (κ1) is 16.5. The summed E-state index contributed by atoms with van der Waals surface area (Å²) in [4.78, 5) is 12.8. The molecule has 22 heavy (non-hydrogen) atoms. The summed E-state index contributed by atoms with van der Waals surface area (Å²) in [6, 6.07) is 3.13. The second kappa shape index (κ2) is 5.71. The van der Waals surface area contributed by atoms with Crippen LogP contribution in [0.1, 0.15) is 5.56 Å². The molecule has 8 heteroatoms. The van der Waals surface area contributed by atoms with E-state index in [1.165, 1.54) is 19.2 Å². The molecule has 1 atom stereocenters. The number of ether oxygens (including phenoxy) is 1. The van der Waals surface area contributed by atoms with E-state index in [2.05, 4.69) is 5.32 Å². The third-order valence-electron chi connectivity index (χ3n) is 3.32. The molecule has 0 unspecified atom stereocenters. The SMILES string of the molecule is C#CCO[C@@]1(C(F)(F)F)CN(C)C(=O)Nc2ccc(Cl)cc21. The van der Waals surface area contributed by atoms with Gasteiger partial charge in [0, 0.05) is 23.3 Å². The molecule has 0 spiro atoms. The molecule has 1 heterocycles. The zero-order chi connectivity index (χ0) is 16.5. The summed E-state index contributed by atoms with van der Waals surface area (Å²) in [5, 5.41) is 2.49. The van der Waals surface area contributed by atoms with Crippen molar-refractivity contribution in [1.29, 1.82) is 0 Å². The third-order valence-corrected chi connectivity index (χ3v) is 3.56. The highest BCUT2D eigenvalue weighted by atomic mass is 35.5. The van der Waals surface area contributed by atoms with E-state index in [9.17, 15) is 18.0 Å². The molecule has 1 N–H and O–H groups in total. The molecule has 4 nitrogen and oxygen atoms in total. The molecule has 1 aromatic rings. The average molecular weight is 333 g/mol. The predicted octanol–water partition coefficient (Wildman–Crippen LogP) is 3.22. The van der Waals surface area contributed by atoms with Gasteiger partial charge in [-0.2, -0.15) is 13.2 Å². The first-order valence-electron chi connectivity index (χ1n) is 6.17. The van der Waals surface area contributed by atoms with Crippen LogP contribution in [0.15, 0.2) is 18.2 Å². The number of benzene rings is 1. The van der Waals surface area contributed by atoms with Crippen molar-refractivity contribution in [2.75, 3.05) is 25.5 Å². The number of urea groups is 1. The van der Waals surface area contributed by atoms with Crippen LogP contribution in [0.4, 0.5) is 23.7 Å². The zero-order valence-corrected chi connectivity index (χ0v) is 12.3. The second-order valence-electron chi connectivity index (χ2n) is 4.79. The van der Waals surface area contributed by atoms with Crippen LogP contribution in [-0.4, -0.2) is 37.3 Å². The average Bonchev–Trinajstić information content (AvgIpc) is 2.53. The Bertz CT molecular complexity index is 642. The number of anilines is 1. The maximum absolute atomic E-state index is 13.8. The molecule has 0 aromatic heterocycles. The number of carbonyl (C=O) groups is 1. The van der Waals surface area contributed by atoms with Crippen LogP contribution in [0, 0.1) is 12.3 Å². The molecule has 0 radical (unpaired) electrons. The monoisotopic (exact) mass is 332 g/mol. The van der Waals surface area contributed by atoms with Crippen LogP contribution in [-0.2, 0) is 10.3 Å². The minimum atomic E-state index is -4.80. The number of halogens is 4. The van der Waals surface area contributed by atoms with Crippen molar-refractivity contribution >= 4 is 23.3 Å². The van der Waals surface area contributed by atoms with Gasteiger partial charge in [-0.1, -0.05) is 17.5 Å². The van der Waals surface area contributed by atoms with E-state index in [1.807, 2.05) is 5.92 Å². The Morgan fingerprint density at radius 1 is 1.55 bits per heavy atom. The first-order valence-corrected chi connectivity index (χ1v) is 6.55. The summed E-state index contributed by atoms with van der Waals surface area (Å²) in [5.74, 6) is 2.02. The number of carbonyl (C=O) groups excluding carboxylic acids is 1. The zero-order valence-electron chi connectivity index (χ0n) is 11.5. The van der Waals surface area contributed by atoms with Crippen molar-refractivity contribution < 1.29 is 22.7 Å². The van der Waals surface area contributed by atoms with Gasteiger partial charge in [0.2, 0.25) is 5.60 Å². The molecule has 2 amide bonds. The van der Waals surface area contributed by atoms with Crippen LogP contribution in [0.5, 0.6) is 0 Å². The Labute approximate surface area is 130 Å².